The smallest absolute Gasteiger partial charge is 0.104 e. The summed E-state index contributed by atoms with van der Waals surface area (Å²) in [4.78, 5) is 4.61. The Balaban J connectivity index is 4.18. The number of nitrogens with zero attached hydrogens (tertiary/aromatic N) is 2. The molecule has 90 valence electrons. The van der Waals surface area contributed by atoms with E-state index in [-0.39, 0.29) is 0 Å². The van der Waals surface area contributed by atoms with Crippen LogP contribution in [0.25, 0.3) is 0 Å². The Hall–Kier alpha value is -0.695. The van der Waals surface area contributed by atoms with Crippen LogP contribution in [0.15, 0.2) is 24.3 Å². The predicted molar refractivity (Wildman–Crippen MR) is 73.7 cm³/mol. The van der Waals surface area contributed by atoms with Crippen LogP contribution in [-0.4, -0.2) is 50.4 Å². The Bertz CT molecular complexity index is 214. The minimum Gasteiger partial charge on any atom is -0.380 e. The molecule has 0 aliphatic rings. The van der Waals surface area contributed by atoms with Crippen molar-refractivity contribution >= 4 is 7.85 Å². The van der Waals surface area contributed by atoms with Crippen molar-refractivity contribution in [3.8, 4) is 0 Å². The van der Waals surface area contributed by atoms with Crippen LogP contribution in [0.3, 0.4) is 0 Å². The quantitative estimate of drug-likeness (QED) is 0.457. The highest BCUT2D eigenvalue weighted by atomic mass is 15.2. The van der Waals surface area contributed by atoms with Gasteiger partial charge in [0.25, 0.3) is 0 Å². The first-order chi connectivity index (χ1) is 7.65. The summed E-state index contributed by atoms with van der Waals surface area (Å²) in [7, 11) is 7.43. The number of hydrogen-bond donors (Lipinski definition) is 0. The van der Waals surface area contributed by atoms with Crippen molar-refractivity contribution in [3.05, 3.63) is 24.3 Å². The predicted octanol–water partition coefficient (Wildman–Crippen LogP) is 2.23. The van der Waals surface area contributed by atoms with Gasteiger partial charge in [-0.25, -0.2) is 0 Å². The summed E-state index contributed by atoms with van der Waals surface area (Å²) < 4.78 is 0. The molecule has 3 heteroatoms. The number of allylic oxidation sites excluding steroid dienone is 1. The lowest BCUT2D eigenvalue weighted by molar-refractivity contribution is 0.198. The first kappa shape index (κ1) is 15.3. The lowest BCUT2D eigenvalue weighted by atomic mass is 10.1. The molecule has 0 aromatic heterocycles. The maximum atomic E-state index is 5.37. The van der Waals surface area contributed by atoms with E-state index in [0.29, 0.717) is 6.04 Å². The second-order valence-electron chi connectivity index (χ2n) is 4.19. The van der Waals surface area contributed by atoms with Crippen LogP contribution in [0, 0.1) is 0 Å². The van der Waals surface area contributed by atoms with Crippen LogP contribution < -0.4 is 0 Å². The van der Waals surface area contributed by atoms with Gasteiger partial charge in [-0.15, -0.1) is 5.98 Å². The van der Waals surface area contributed by atoms with Gasteiger partial charge >= 0.3 is 0 Å². The molecule has 0 heterocycles. The van der Waals surface area contributed by atoms with Crippen molar-refractivity contribution in [2.45, 2.75) is 33.2 Å². The fourth-order valence-electron chi connectivity index (χ4n) is 1.76. The summed E-state index contributed by atoms with van der Waals surface area (Å²) in [5.41, 5.74) is 0. The van der Waals surface area contributed by atoms with Crippen LogP contribution in [0.2, 0.25) is 0 Å². The van der Waals surface area contributed by atoms with E-state index in [2.05, 4.69) is 49.8 Å². The Morgan fingerprint density at radius 2 is 2.06 bits per heavy atom. The third kappa shape index (κ3) is 6.73. The molecule has 0 aromatic rings. The summed E-state index contributed by atoms with van der Waals surface area (Å²) in [5, 5.41) is 0. The lowest BCUT2D eigenvalue weighted by Gasteiger charge is -2.30. The fourth-order valence-corrected chi connectivity index (χ4v) is 1.76. The Morgan fingerprint density at radius 1 is 1.38 bits per heavy atom. The second kappa shape index (κ2) is 9.53. The number of hydrogen-bond acceptors (Lipinski definition) is 2. The van der Waals surface area contributed by atoms with Crippen LogP contribution in [0.5, 0.6) is 0 Å². The first-order valence-electron chi connectivity index (χ1n) is 6.09. The zero-order valence-electron chi connectivity index (χ0n) is 11.2. The standard InChI is InChI=1S/C13H25BN2/c1-5-7-10-16(9-6-2)13(3)12-15(4)11-8-14/h5,7-8,11,13H,6,9-10,12H2,1-4H3/b7-5?,11-8-/t13-/m1/s1. The highest BCUT2D eigenvalue weighted by molar-refractivity contribution is 6.16. The van der Waals surface area contributed by atoms with Crippen molar-refractivity contribution in [1.82, 2.24) is 9.80 Å². The maximum Gasteiger partial charge on any atom is 0.104 e. The van der Waals surface area contributed by atoms with Gasteiger partial charge in [-0.2, -0.15) is 0 Å². The van der Waals surface area contributed by atoms with E-state index in [1.54, 1.807) is 5.98 Å². The van der Waals surface area contributed by atoms with Gasteiger partial charge in [0, 0.05) is 26.2 Å². The van der Waals surface area contributed by atoms with Crippen molar-refractivity contribution in [2.24, 2.45) is 0 Å². The molecule has 0 bridgehead atoms. The fraction of sp³-hybridized carbons (Fsp3) is 0.692. The third-order valence-electron chi connectivity index (χ3n) is 2.60. The molecule has 2 radical (unpaired) electrons. The second-order valence-corrected chi connectivity index (χ2v) is 4.19. The zero-order valence-corrected chi connectivity index (χ0v) is 11.2. The van der Waals surface area contributed by atoms with Gasteiger partial charge in [-0.1, -0.05) is 19.1 Å². The molecule has 0 fully saturated rings. The monoisotopic (exact) mass is 220 g/mol. The van der Waals surface area contributed by atoms with Crippen molar-refractivity contribution in [1.29, 1.82) is 0 Å². The van der Waals surface area contributed by atoms with E-state index in [0.717, 1.165) is 19.6 Å². The molecule has 0 rings (SSSR count). The molecule has 0 saturated heterocycles. The average Bonchev–Trinajstić information content (AvgIpc) is 2.24. The molecule has 0 aromatic carbocycles. The van der Waals surface area contributed by atoms with Crippen LogP contribution in [0.4, 0.5) is 0 Å². The van der Waals surface area contributed by atoms with Gasteiger partial charge in [-0.05, 0) is 33.0 Å². The molecule has 0 amide bonds. The molecule has 0 spiro atoms. The summed E-state index contributed by atoms with van der Waals surface area (Å²) in [6, 6.07) is 0.539. The van der Waals surface area contributed by atoms with E-state index in [1.165, 1.54) is 6.42 Å². The van der Waals surface area contributed by atoms with Gasteiger partial charge in [0.05, 0.1) is 0 Å². The van der Waals surface area contributed by atoms with E-state index in [4.69, 9.17) is 7.85 Å². The molecule has 0 aliphatic heterocycles. The zero-order chi connectivity index (χ0) is 12.4. The molecule has 0 N–H and O–H groups in total. The number of rotatable bonds is 8. The van der Waals surface area contributed by atoms with Gasteiger partial charge < -0.3 is 4.90 Å². The molecule has 0 saturated carbocycles. The maximum absolute atomic E-state index is 5.37. The summed E-state index contributed by atoms with van der Waals surface area (Å²) in [6.07, 6.45) is 7.43. The Labute approximate surface area is 102 Å². The average molecular weight is 220 g/mol. The topological polar surface area (TPSA) is 6.48 Å². The molecule has 16 heavy (non-hydrogen) atoms. The summed E-state index contributed by atoms with van der Waals surface area (Å²) in [5.74, 6) is 1.59. The SMILES string of the molecule is [B]/C=C\N(C)C[C@@H](C)N(CC=CC)CCC. The number of likely N-dealkylation sites (N-methyl/N-ethyl adjacent to an activating group) is 1. The third-order valence-corrected chi connectivity index (χ3v) is 2.60. The van der Waals surface area contributed by atoms with E-state index in [9.17, 15) is 0 Å². The van der Waals surface area contributed by atoms with E-state index < -0.39 is 0 Å². The highest BCUT2D eigenvalue weighted by Gasteiger charge is 2.12. The molecule has 2 nitrogen and oxygen atoms in total. The van der Waals surface area contributed by atoms with Gasteiger partial charge in [0.15, 0.2) is 0 Å². The Kier molecular flexibility index (Phi) is 9.11. The highest BCUT2D eigenvalue weighted by Crippen LogP contribution is 2.03. The molecule has 0 unspecified atom stereocenters. The molecular weight excluding hydrogens is 195 g/mol. The van der Waals surface area contributed by atoms with Crippen molar-refractivity contribution in [2.75, 3.05) is 26.7 Å². The summed E-state index contributed by atoms with van der Waals surface area (Å²) in [6.45, 7) is 9.74. The molecular formula is C13H25BN2. The minimum absolute atomic E-state index is 0.539. The summed E-state index contributed by atoms with van der Waals surface area (Å²) >= 11 is 0. The molecule has 1 atom stereocenters. The van der Waals surface area contributed by atoms with Crippen molar-refractivity contribution in [3.63, 3.8) is 0 Å². The van der Waals surface area contributed by atoms with Gasteiger partial charge in [0.2, 0.25) is 0 Å². The van der Waals surface area contributed by atoms with E-state index >= 15 is 0 Å². The van der Waals surface area contributed by atoms with E-state index in [1.807, 2.05) is 6.20 Å². The normalized spacial score (nSPS) is 14.1. The largest absolute Gasteiger partial charge is 0.380 e. The van der Waals surface area contributed by atoms with Crippen molar-refractivity contribution < 1.29 is 0 Å². The first-order valence-corrected chi connectivity index (χ1v) is 6.09. The van der Waals surface area contributed by atoms with Gasteiger partial charge in [-0.3, -0.25) is 4.90 Å². The Morgan fingerprint density at radius 3 is 2.56 bits per heavy atom. The van der Waals surface area contributed by atoms with Crippen LogP contribution >= 0.6 is 0 Å². The van der Waals surface area contributed by atoms with Crippen LogP contribution in [-0.2, 0) is 0 Å². The minimum atomic E-state index is 0.539. The molecule has 0 aliphatic carbocycles. The van der Waals surface area contributed by atoms with Gasteiger partial charge in [0.1, 0.15) is 7.85 Å². The van der Waals surface area contributed by atoms with Crippen LogP contribution in [0.1, 0.15) is 27.2 Å². The lowest BCUT2D eigenvalue weighted by Crippen LogP contribution is -2.40.